The first kappa shape index (κ1) is 20.6. The predicted molar refractivity (Wildman–Crippen MR) is 123 cm³/mol. The lowest BCUT2D eigenvalue weighted by molar-refractivity contribution is 0.0951. The zero-order valence-electron chi connectivity index (χ0n) is 17.3. The van der Waals surface area contributed by atoms with Gasteiger partial charge in [-0.1, -0.05) is 30.3 Å². The Hall–Kier alpha value is -3.71. The summed E-state index contributed by atoms with van der Waals surface area (Å²) in [6.45, 7) is 4.27. The standard InChI is InChI=1S/C24H22N4O2S/c1-16-21(17(2)28(27-16)19-8-4-3-5-9-19)14-25-24(30)20-10-6-7-11-22(20)26-23(29)18-12-13-31-15-18/h3-13,15H,14H2,1-2H3,(H,25,30)(H,26,29). The molecule has 0 bridgehead atoms. The minimum atomic E-state index is -0.257. The van der Waals surface area contributed by atoms with Crippen LogP contribution in [0.4, 0.5) is 5.69 Å². The van der Waals surface area contributed by atoms with Crippen LogP contribution in [0, 0.1) is 13.8 Å². The number of aromatic nitrogens is 2. The average molecular weight is 431 g/mol. The summed E-state index contributed by atoms with van der Waals surface area (Å²) < 4.78 is 1.88. The maximum absolute atomic E-state index is 12.9. The second kappa shape index (κ2) is 8.97. The van der Waals surface area contributed by atoms with Gasteiger partial charge < -0.3 is 10.6 Å². The first-order valence-electron chi connectivity index (χ1n) is 9.86. The van der Waals surface area contributed by atoms with E-state index >= 15 is 0 Å². The van der Waals surface area contributed by atoms with Gasteiger partial charge in [-0.2, -0.15) is 16.4 Å². The first-order valence-corrected chi connectivity index (χ1v) is 10.8. The van der Waals surface area contributed by atoms with E-state index in [1.165, 1.54) is 11.3 Å². The van der Waals surface area contributed by atoms with Crippen molar-refractivity contribution in [3.63, 3.8) is 0 Å². The molecular formula is C24H22N4O2S. The summed E-state index contributed by atoms with van der Waals surface area (Å²) >= 11 is 1.45. The molecule has 6 nitrogen and oxygen atoms in total. The average Bonchev–Trinajstić information content (AvgIpc) is 3.42. The molecule has 0 aliphatic heterocycles. The van der Waals surface area contributed by atoms with Crippen molar-refractivity contribution in [1.29, 1.82) is 0 Å². The summed E-state index contributed by atoms with van der Waals surface area (Å²) in [5.74, 6) is -0.496. The minimum absolute atomic E-state index is 0.239. The number of aryl methyl sites for hydroxylation is 1. The van der Waals surface area contributed by atoms with E-state index in [1.807, 2.05) is 54.2 Å². The highest BCUT2D eigenvalue weighted by molar-refractivity contribution is 7.08. The molecule has 2 amide bonds. The van der Waals surface area contributed by atoms with E-state index in [9.17, 15) is 9.59 Å². The van der Waals surface area contributed by atoms with Crippen molar-refractivity contribution in [2.24, 2.45) is 0 Å². The fourth-order valence-corrected chi connectivity index (χ4v) is 4.03. The number of thiophene rings is 1. The Morgan fingerprint density at radius 2 is 1.71 bits per heavy atom. The van der Waals surface area contributed by atoms with Crippen molar-refractivity contribution in [2.45, 2.75) is 20.4 Å². The molecule has 4 aromatic rings. The Labute approximate surface area is 184 Å². The lowest BCUT2D eigenvalue weighted by Gasteiger charge is -2.11. The monoisotopic (exact) mass is 430 g/mol. The molecule has 2 N–H and O–H groups in total. The lowest BCUT2D eigenvalue weighted by Crippen LogP contribution is -2.25. The number of carbonyl (C=O) groups excluding carboxylic acids is 2. The van der Waals surface area contributed by atoms with Crippen molar-refractivity contribution >= 4 is 28.8 Å². The Kier molecular flexibility index (Phi) is 5.95. The van der Waals surface area contributed by atoms with Gasteiger partial charge in [-0.3, -0.25) is 9.59 Å². The zero-order chi connectivity index (χ0) is 21.8. The Morgan fingerprint density at radius 1 is 0.968 bits per heavy atom. The number of amides is 2. The van der Waals surface area contributed by atoms with Gasteiger partial charge in [0, 0.05) is 23.2 Å². The first-order chi connectivity index (χ1) is 15.0. The molecule has 31 heavy (non-hydrogen) atoms. The summed E-state index contributed by atoms with van der Waals surface area (Å²) in [6.07, 6.45) is 0. The van der Waals surface area contributed by atoms with Gasteiger partial charge in [0.2, 0.25) is 0 Å². The van der Waals surface area contributed by atoms with Crippen molar-refractivity contribution in [3.05, 3.63) is 99.5 Å². The highest BCUT2D eigenvalue weighted by atomic mass is 32.1. The molecule has 0 saturated carbocycles. The Balaban J connectivity index is 1.50. The van der Waals surface area contributed by atoms with Crippen molar-refractivity contribution < 1.29 is 9.59 Å². The SMILES string of the molecule is Cc1nn(-c2ccccc2)c(C)c1CNC(=O)c1ccccc1NC(=O)c1ccsc1. The maximum Gasteiger partial charge on any atom is 0.256 e. The quantitative estimate of drug-likeness (QED) is 0.464. The largest absolute Gasteiger partial charge is 0.348 e. The van der Waals surface area contributed by atoms with Crippen LogP contribution in [0.3, 0.4) is 0 Å². The van der Waals surface area contributed by atoms with E-state index < -0.39 is 0 Å². The molecule has 0 atom stereocenters. The van der Waals surface area contributed by atoms with Gasteiger partial charge in [0.15, 0.2) is 0 Å². The lowest BCUT2D eigenvalue weighted by atomic mass is 10.1. The second-order valence-corrected chi connectivity index (χ2v) is 7.87. The van der Waals surface area contributed by atoms with Crippen LogP contribution in [0.25, 0.3) is 5.69 Å². The fraction of sp³-hybridized carbons (Fsp3) is 0.125. The molecule has 0 unspecified atom stereocenters. The normalized spacial score (nSPS) is 10.6. The number of rotatable bonds is 6. The molecule has 4 rings (SSSR count). The van der Waals surface area contributed by atoms with Crippen LogP contribution in [-0.4, -0.2) is 21.6 Å². The summed E-state index contributed by atoms with van der Waals surface area (Å²) in [5, 5.41) is 14.0. The number of benzene rings is 2. The molecule has 156 valence electrons. The molecular weight excluding hydrogens is 408 g/mol. The molecule has 0 aliphatic rings. The molecule has 7 heteroatoms. The van der Waals surface area contributed by atoms with Gasteiger partial charge in [-0.15, -0.1) is 0 Å². The zero-order valence-corrected chi connectivity index (χ0v) is 18.1. The number of anilines is 1. The summed E-state index contributed by atoms with van der Waals surface area (Å²) in [7, 11) is 0. The third-order valence-electron chi connectivity index (χ3n) is 5.07. The van der Waals surface area contributed by atoms with Crippen molar-refractivity contribution in [2.75, 3.05) is 5.32 Å². The number of hydrogen-bond acceptors (Lipinski definition) is 4. The van der Waals surface area contributed by atoms with Gasteiger partial charge in [-0.25, -0.2) is 4.68 Å². The molecule has 2 aromatic heterocycles. The van der Waals surface area contributed by atoms with Crippen molar-refractivity contribution in [1.82, 2.24) is 15.1 Å². The van der Waals surface area contributed by atoms with E-state index in [0.29, 0.717) is 23.4 Å². The highest BCUT2D eigenvalue weighted by Crippen LogP contribution is 2.20. The third-order valence-corrected chi connectivity index (χ3v) is 5.75. The Bertz CT molecular complexity index is 1210. The van der Waals surface area contributed by atoms with Crippen LogP contribution in [-0.2, 0) is 6.54 Å². The van der Waals surface area contributed by atoms with Gasteiger partial charge in [0.05, 0.1) is 28.2 Å². The molecule has 0 spiro atoms. The van der Waals surface area contributed by atoms with Gasteiger partial charge in [0.25, 0.3) is 11.8 Å². The van der Waals surface area contributed by atoms with Gasteiger partial charge in [-0.05, 0) is 49.6 Å². The predicted octanol–water partition coefficient (Wildman–Crippen LogP) is 4.73. The van der Waals surface area contributed by atoms with Crippen LogP contribution in [0.1, 0.15) is 37.7 Å². The van der Waals surface area contributed by atoms with Crippen LogP contribution in [0.15, 0.2) is 71.4 Å². The molecule has 2 heterocycles. The van der Waals surface area contributed by atoms with Gasteiger partial charge in [0.1, 0.15) is 0 Å². The Morgan fingerprint density at radius 3 is 2.45 bits per heavy atom. The number of nitrogens with zero attached hydrogens (tertiary/aromatic N) is 2. The smallest absolute Gasteiger partial charge is 0.256 e. The number of para-hydroxylation sites is 2. The molecule has 0 aliphatic carbocycles. The van der Waals surface area contributed by atoms with Crippen LogP contribution in [0.5, 0.6) is 0 Å². The fourth-order valence-electron chi connectivity index (χ4n) is 3.39. The van der Waals surface area contributed by atoms with E-state index in [2.05, 4.69) is 15.7 Å². The van der Waals surface area contributed by atoms with Crippen LogP contribution < -0.4 is 10.6 Å². The molecule has 0 saturated heterocycles. The van der Waals surface area contributed by atoms with E-state index in [1.54, 1.807) is 35.7 Å². The number of carbonyl (C=O) groups is 2. The number of hydrogen-bond donors (Lipinski definition) is 2. The van der Waals surface area contributed by atoms with Crippen molar-refractivity contribution in [3.8, 4) is 5.69 Å². The van der Waals surface area contributed by atoms with Crippen LogP contribution >= 0.6 is 11.3 Å². The van der Waals surface area contributed by atoms with E-state index in [0.717, 1.165) is 22.6 Å². The molecule has 0 radical (unpaired) electrons. The topological polar surface area (TPSA) is 76.0 Å². The molecule has 0 fully saturated rings. The molecule has 2 aromatic carbocycles. The summed E-state index contributed by atoms with van der Waals surface area (Å²) in [6, 6.07) is 18.6. The second-order valence-electron chi connectivity index (χ2n) is 7.09. The summed E-state index contributed by atoms with van der Waals surface area (Å²) in [4.78, 5) is 25.3. The van der Waals surface area contributed by atoms with Gasteiger partial charge >= 0.3 is 0 Å². The minimum Gasteiger partial charge on any atom is -0.348 e. The maximum atomic E-state index is 12.9. The van der Waals surface area contributed by atoms with E-state index in [-0.39, 0.29) is 11.8 Å². The third kappa shape index (κ3) is 4.41. The number of nitrogens with one attached hydrogen (secondary N) is 2. The summed E-state index contributed by atoms with van der Waals surface area (Å²) in [5.41, 5.74) is 5.24. The van der Waals surface area contributed by atoms with Crippen LogP contribution in [0.2, 0.25) is 0 Å². The van der Waals surface area contributed by atoms with E-state index in [4.69, 9.17) is 0 Å². The highest BCUT2D eigenvalue weighted by Gasteiger charge is 2.17.